The van der Waals surface area contributed by atoms with Crippen molar-refractivity contribution in [2.75, 3.05) is 29.9 Å². The Kier molecular flexibility index (Phi) is 10.7. The second-order valence-corrected chi connectivity index (χ2v) is 13.5. The number of benzene rings is 2. The zero-order valence-corrected chi connectivity index (χ0v) is 30.5. The lowest BCUT2D eigenvalue weighted by Crippen LogP contribution is -2.43. The molecule has 5 atom stereocenters. The van der Waals surface area contributed by atoms with Gasteiger partial charge in [0.15, 0.2) is 35.5 Å². The molecule has 286 valence electrons. The molecule has 6 aromatic rings. The molecule has 2 aliphatic rings. The first-order valence-electron chi connectivity index (χ1n) is 18.5. The van der Waals surface area contributed by atoms with Gasteiger partial charge in [-0.15, -0.1) is 10.2 Å². The Morgan fingerprint density at radius 2 is 1.77 bits per heavy atom. The number of nitrogens with zero attached hydrogens (tertiary/aromatic N) is 12. The van der Waals surface area contributed by atoms with E-state index in [2.05, 4.69) is 65.6 Å². The average molecular weight is 756 g/mol. The van der Waals surface area contributed by atoms with Gasteiger partial charge in [0.05, 0.1) is 25.1 Å². The summed E-state index contributed by atoms with van der Waals surface area (Å²) in [4.78, 5) is 27.0. The van der Waals surface area contributed by atoms with Crippen LogP contribution in [-0.4, -0.2) is 98.8 Å². The monoisotopic (exact) mass is 755 g/mol. The van der Waals surface area contributed by atoms with Crippen LogP contribution < -0.4 is 20.9 Å². The molecule has 2 aromatic carbocycles. The van der Waals surface area contributed by atoms with Gasteiger partial charge in [-0.1, -0.05) is 66.7 Å². The number of pyridine rings is 1. The van der Waals surface area contributed by atoms with Crippen LogP contribution >= 0.6 is 0 Å². The number of aliphatic imine (C=N–C) groups is 1. The molecule has 2 saturated heterocycles. The molecule has 2 fully saturated rings. The van der Waals surface area contributed by atoms with Gasteiger partial charge in [0.2, 0.25) is 17.7 Å². The van der Waals surface area contributed by atoms with Crippen LogP contribution in [0.1, 0.15) is 54.2 Å². The van der Waals surface area contributed by atoms with Gasteiger partial charge in [-0.05, 0) is 41.8 Å². The zero-order valence-electron chi connectivity index (χ0n) is 30.5. The molecule has 6 heterocycles. The molecule has 0 amide bonds. The lowest BCUT2D eigenvalue weighted by Gasteiger charge is -2.22. The highest BCUT2D eigenvalue weighted by molar-refractivity contribution is 5.85. The highest BCUT2D eigenvalue weighted by Crippen LogP contribution is 2.39. The highest BCUT2D eigenvalue weighted by atomic mass is 16.6. The number of anilines is 2. The number of nitrogens with one attached hydrogen (secondary N) is 3. The summed E-state index contributed by atoms with van der Waals surface area (Å²) >= 11 is 0. The van der Waals surface area contributed by atoms with E-state index in [0.717, 1.165) is 16.8 Å². The summed E-state index contributed by atoms with van der Waals surface area (Å²) in [5.41, 5.74) is 3.92. The molecule has 0 unspecified atom stereocenters. The molecule has 0 saturated carbocycles. The van der Waals surface area contributed by atoms with Crippen LogP contribution in [0.3, 0.4) is 0 Å². The molecule has 0 aliphatic carbocycles. The van der Waals surface area contributed by atoms with Crippen LogP contribution in [0.25, 0.3) is 11.2 Å². The predicted molar refractivity (Wildman–Crippen MR) is 205 cm³/mol. The lowest BCUT2D eigenvalue weighted by molar-refractivity contribution is -0.0384. The van der Waals surface area contributed by atoms with Gasteiger partial charge in [-0.3, -0.25) is 14.9 Å². The van der Waals surface area contributed by atoms with Crippen molar-refractivity contribution in [1.29, 1.82) is 5.26 Å². The van der Waals surface area contributed by atoms with Crippen LogP contribution in [0.15, 0.2) is 96.4 Å². The highest BCUT2D eigenvalue weighted by Gasteiger charge is 2.47. The maximum atomic E-state index is 11.3. The van der Waals surface area contributed by atoms with E-state index < -0.39 is 24.5 Å². The SMILES string of the molecule is CCn1nnc([C@H]2O[C@@H](n3cnc4c(NCC(c5ccccc5)c5ccccc5)nc(N5CC[C@@H](NC(=NCc6ccccn6)NC#N)C5)nc43)[C@@H](O)[C@@H]2O)n1. The summed E-state index contributed by atoms with van der Waals surface area (Å²) < 4.78 is 7.84. The van der Waals surface area contributed by atoms with Crippen molar-refractivity contribution in [3.63, 3.8) is 0 Å². The van der Waals surface area contributed by atoms with Gasteiger partial charge in [0, 0.05) is 37.8 Å². The fourth-order valence-electron chi connectivity index (χ4n) is 7.04. The van der Waals surface area contributed by atoms with Crippen LogP contribution in [0.2, 0.25) is 0 Å². The number of guanidine groups is 1. The average Bonchev–Trinajstić information content (AvgIpc) is 4.06. The molecule has 18 nitrogen and oxygen atoms in total. The van der Waals surface area contributed by atoms with Crippen LogP contribution in [0.5, 0.6) is 0 Å². The van der Waals surface area contributed by atoms with Crippen molar-refractivity contribution >= 4 is 28.9 Å². The Morgan fingerprint density at radius 1 is 1.00 bits per heavy atom. The largest absolute Gasteiger partial charge is 0.387 e. The molecule has 0 radical (unpaired) electrons. The smallest absolute Gasteiger partial charge is 0.229 e. The van der Waals surface area contributed by atoms with Gasteiger partial charge in [0.25, 0.3) is 0 Å². The Morgan fingerprint density at radius 3 is 2.46 bits per heavy atom. The number of hydrogen-bond acceptors (Lipinski definition) is 14. The normalized spacial score (nSPS) is 21.1. The lowest BCUT2D eigenvalue weighted by atomic mass is 9.91. The molecule has 4 aromatic heterocycles. The molecule has 5 N–H and O–H groups in total. The third-order valence-electron chi connectivity index (χ3n) is 9.92. The van der Waals surface area contributed by atoms with Crippen molar-refractivity contribution in [2.45, 2.75) is 62.9 Å². The number of fused-ring (bicyclic) bond motifs is 1. The first-order chi connectivity index (χ1) is 27.5. The molecule has 0 spiro atoms. The number of tetrazole rings is 1. The van der Waals surface area contributed by atoms with Crippen LogP contribution in [0, 0.1) is 11.5 Å². The van der Waals surface area contributed by atoms with Gasteiger partial charge in [0.1, 0.15) is 12.2 Å². The fraction of sp³-hybridized carbons (Fsp3) is 0.342. The summed E-state index contributed by atoms with van der Waals surface area (Å²) in [5.74, 6) is 1.44. The maximum Gasteiger partial charge on any atom is 0.229 e. The summed E-state index contributed by atoms with van der Waals surface area (Å²) in [6.45, 7) is 4.27. The summed E-state index contributed by atoms with van der Waals surface area (Å²) in [5, 5.41) is 53.8. The topological polar surface area (TPSA) is 225 Å². The first-order valence-corrected chi connectivity index (χ1v) is 18.5. The van der Waals surface area contributed by atoms with Gasteiger partial charge in [-0.25, -0.2) is 9.98 Å². The number of imidazole rings is 1. The van der Waals surface area contributed by atoms with E-state index in [1.54, 1.807) is 10.8 Å². The number of aryl methyl sites for hydroxylation is 1. The minimum absolute atomic E-state index is 0.00956. The summed E-state index contributed by atoms with van der Waals surface area (Å²) in [6, 6.07) is 26.1. The fourth-order valence-corrected chi connectivity index (χ4v) is 7.04. The molecule has 2 aliphatic heterocycles. The van der Waals surface area contributed by atoms with E-state index in [4.69, 9.17) is 19.7 Å². The van der Waals surface area contributed by atoms with Gasteiger partial charge in [-0.2, -0.15) is 20.0 Å². The molecule has 56 heavy (non-hydrogen) atoms. The van der Waals surface area contributed by atoms with E-state index in [1.807, 2.05) is 72.6 Å². The third-order valence-corrected chi connectivity index (χ3v) is 9.92. The molecular formula is C38H41N15O3. The Bertz CT molecular complexity index is 2260. The second kappa shape index (κ2) is 16.4. The standard InChI is InChI=1S/C38H41N15O3/c1-2-53-49-34(48-50-53)32-30(54)31(55)36(56-32)52-23-44-29-33(41-20-28(24-11-5-3-6-12-24)25-13-7-4-8-14-25)46-38(47-35(29)52)51-18-16-27(21-51)45-37(43-22-39)42-19-26-15-9-10-17-40-26/h3-15,17,23,27-28,30-32,36,54-55H,2,16,18-21H2,1H3,(H,41,46,47)(H2,42,43,45)/t27-,30+,31+,32+,36-/m1/s1. The van der Waals surface area contributed by atoms with Crippen LogP contribution in [0.4, 0.5) is 11.8 Å². The minimum Gasteiger partial charge on any atom is -0.387 e. The van der Waals surface area contributed by atoms with Crippen molar-refractivity contribution in [3.8, 4) is 6.19 Å². The maximum absolute atomic E-state index is 11.3. The van der Waals surface area contributed by atoms with Gasteiger partial charge >= 0.3 is 0 Å². The number of aliphatic hydroxyl groups is 2. The minimum atomic E-state index is -1.35. The molecule has 8 rings (SSSR count). The molecule has 0 bridgehead atoms. The summed E-state index contributed by atoms with van der Waals surface area (Å²) in [7, 11) is 0. The van der Waals surface area contributed by atoms with Crippen molar-refractivity contribution in [3.05, 3.63) is 114 Å². The van der Waals surface area contributed by atoms with Crippen LogP contribution in [-0.2, 0) is 17.8 Å². The zero-order chi connectivity index (χ0) is 38.4. The number of aromatic nitrogens is 9. The number of hydrogen-bond donors (Lipinski definition) is 5. The Balaban J connectivity index is 1.10. The van der Waals surface area contributed by atoms with Crippen molar-refractivity contribution in [2.24, 2.45) is 4.99 Å². The Hall–Kier alpha value is -6.55. The van der Waals surface area contributed by atoms with Crippen molar-refractivity contribution < 1.29 is 14.9 Å². The second-order valence-electron chi connectivity index (χ2n) is 13.5. The van der Waals surface area contributed by atoms with Gasteiger partial charge < -0.3 is 30.5 Å². The quantitative estimate of drug-likeness (QED) is 0.0523. The number of rotatable bonds is 12. The number of aliphatic hydroxyl groups excluding tert-OH is 2. The molecular weight excluding hydrogens is 715 g/mol. The number of nitriles is 1. The van der Waals surface area contributed by atoms with E-state index >= 15 is 0 Å². The first kappa shape index (κ1) is 36.4. The summed E-state index contributed by atoms with van der Waals surface area (Å²) in [6.07, 6.45) is 1.16. The van der Waals surface area contributed by atoms with E-state index in [1.165, 1.54) is 11.1 Å². The van der Waals surface area contributed by atoms with E-state index in [-0.39, 0.29) is 17.8 Å². The third kappa shape index (κ3) is 7.68. The molecule has 18 heteroatoms. The van der Waals surface area contributed by atoms with Crippen molar-refractivity contribution in [1.82, 2.24) is 55.3 Å². The predicted octanol–water partition coefficient (Wildman–Crippen LogP) is 2.26. The number of ether oxygens (including phenoxy) is 1. The van der Waals surface area contributed by atoms with E-state index in [9.17, 15) is 15.5 Å². The van der Waals surface area contributed by atoms with E-state index in [0.29, 0.717) is 68.0 Å². The Labute approximate surface area is 321 Å².